The second-order valence-electron chi connectivity index (χ2n) is 25.5. The van der Waals surface area contributed by atoms with Crippen LogP contribution in [-0.4, -0.2) is 87.4 Å². The van der Waals surface area contributed by atoms with Gasteiger partial charge in [0.2, 0.25) is 0 Å². The van der Waals surface area contributed by atoms with Crippen LogP contribution in [0.1, 0.15) is 335 Å². The molecular weight excluding hydrogens is 1050 g/mol. The third-order valence-corrected chi connectivity index (χ3v) is 15.9. The SMILES string of the molecule is CC/C=C\C/C=C\C/C=C\C/C=C\CCCCCCCCCCCCCCCCCCCCCCC(=O)OC(COC(=O)CCCCCCCCCCCCCCCCC/C=C\C/C=C\CCCCCCC)COC(OCC[N+](C)(C)C)C(=O)O. The zero-order valence-electron chi connectivity index (χ0n) is 56.5. The van der Waals surface area contributed by atoms with Crippen molar-refractivity contribution in [1.29, 1.82) is 0 Å². The van der Waals surface area contributed by atoms with Crippen molar-refractivity contribution in [3.05, 3.63) is 72.9 Å². The lowest BCUT2D eigenvalue weighted by molar-refractivity contribution is -0.870. The van der Waals surface area contributed by atoms with Crippen LogP contribution in [0.25, 0.3) is 0 Å². The van der Waals surface area contributed by atoms with E-state index in [4.69, 9.17) is 18.9 Å². The zero-order valence-corrected chi connectivity index (χ0v) is 56.5. The van der Waals surface area contributed by atoms with Gasteiger partial charge in [0.1, 0.15) is 13.2 Å². The monoisotopic (exact) mass is 1190 g/mol. The normalized spacial score (nSPS) is 13.1. The average molecular weight is 1190 g/mol. The lowest BCUT2D eigenvalue weighted by Gasteiger charge is -2.25. The average Bonchev–Trinajstić information content (AvgIpc) is 3.49. The number of carbonyl (C=O) groups is 3. The molecular formula is C76H138NO8+. The van der Waals surface area contributed by atoms with Gasteiger partial charge in [0.15, 0.2) is 6.10 Å². The van der Waals surface area contributed by atoms with E-state index in [0.29, 0.717) is 17.4 Å². The second kappa shape index (κ2) is 66.7. The summed E-state index contributed by atoms with van der Waals surface area (Å²) in [5.41, 5.74) is 0. The Morgan fingerprint density at radius 1 is 0.365 bits per heavy atom. The maximum Gasteiger partial charge on any atom is 0.361 e. The van der Waals surface area contributed by atoms with E-state index >= 15 is 0 Å². The fourth-order valence-electron chi connectivity index (χ4n) is 10.5. The van der Waals surface area contributed by atoms with Crippen molar-refractivity contribution >= 4 is 17.9 Å². The van der Waals surface area contributed by atoms with Crippen molar-refractivity contribution in [2.24, 2.45) is 0 Å². The summed E-state index contributed by atoms with van der Waals surface area (Å²) in [5, 5.41) is 9.75. The van der Waals surface area contributed by atoms with Gasteiger partial charge in [0.05, 0.1) is 34.4 Å². The predicted molar refractivity (Wildman–Crippen MR) is 364 cm³/mol. The Hall–Kier alpha value is -3.27. The molecule has 0 aliphatic heterocycles. The summed E-state index contributed by atoms with van der Waals surface area (Å²) in [6, 6.07) is 0. The zero-order chi connectivity index (χ0) is 61.9. The van der Waals surface area contributed by atoms with Crippen molar-refractivity contribution in [2.45, 2.75) is 347 Å². The van der Waals surface area contributed by atoms with Gasteiger partial charge >= 0.3 is 17.9 Å². The number of rotatable bonds is 67. The number of aliphatic carboxylic acids is 1. The number of allylic oxidation sites excluding steroid dienone is 12. The number of carboxylic acid groups (broad SMARTS) is 1. The summed E-state index contributed by atoms with van der Waals surface area (Å²) >= 11 is 0. The number of unbranched alkanes of at least 4 members (excludes halogenated alkanes) is 40. The van der Waals surface area contributed by atoms with Crippen molar-refractivity contribution in [2.75, 3.05) is 47.5 Å². The van der Waals surface area contributed by atoms with Gasteiger partial charge in [-0.05, 0) is 83.5 Å². The number of nitrogens with zero attached hydrogens (tertiary/aromatic N) is 1. The van der Waals surface area contributed by atoms with Gasteiger partial charge in [-0.3, -0.25) is 9.59 Å². The summed E-state index contributed by atoms with van der Waals surface area (Å²) in [6.45, 7) is 4.80. The van der Waals surface area contributed by atoms with Crippen LogP contribution in [0.2, 0.25) is 0 Å². The van der Waals surface area contributed by atoms with E-state index < -0.39 is 18.4 Å². The molecule has 2 unspecified atom stereocenters. The minimum Gasteiger partial charge on any atom is -0.477 e. The third-order valence-electron chi connectivity index (χ3n) is 15.9. The van der Waals surface area contributed by atoms with Gasteiger partial charge in [0, 0.05) is 12.8 Å². The number of ether oxygens (including phenoxy) is 4. The van der Waals surface area contributed by atoms with E-state index in [0.717, 1.165) is 70.6 Å². The lowest BCUT2D eigenvalue weighted by atomic mass is 10.0. The van der Waals surface area contributed by atoms with Gasteiger partial charge in [-0.15, -0.1) is 0 Å². The Kier molecular flexibility index (Phi) is 64.1. The van der Waals surface area contributed by atoms with Crippen LogP contribution in [0.3, 0.4) is 0 Å². The van der Waals surface area contributed by atoms with E-state index in [1.54, 1.807) is 0 Å². The van der Waals surface area contributed by atoms with Crippen LogP contribution in [0.4, 0.5) is 0 Å². The number of hydrogen-bond donors (Lipinski definition) is 1. The smallest absolute Gasteiger partial charge is 0.361 e. The predicted octanol–water partition coefficient (Wildman–Crippen LogP) is 22.5. The lowest BCUT2D eigenvalue weighted by Crippen LogP contribution is -2.40. The first kappa shape index (κ1) is 81.7. The van der Waals surface area contributed by atoms with E-state index in [9.17, 15) is 19.5 Å². The Balaban J connectivity index is 4.06. The molecule has 0 aliphatic carbocycles. The van der Waals surface area contributed by atoms with Gasteiger partial charge in [-0.25, -0.2) is 4.79 Å². The molecule has 0 spiro atoms. The molecule has 9 nitrogen and oxygen atoms in total. The largest absolute Gasteiger partial charge is 0.477 e. The number of carboxylic acids is 1. The van der Waals surface area contributed by atoms with Gasteiger partial charge in [0.25, 0.3) is 6.29 Å². The molecule has 9 heteroatoms. The van der Waals surface area contributed by atoms with Crippen molar-refractivity contribution in [3.63, 3.8) is 0 Å². The molecule has 0 saturated heterocycles. The van der Waals surface area contributed by atoms with Crippen molar-refractivity contribution in [1.82, 2.24) is 0 Å². The fraction of sp³-hybridized carbons (Fsp3) is 0.803. The summed E-state index contributed by atoms with van der Waals surface area (Å²) in [4.78, 5) is 37.7. The molecule has 0 aromatic heterocycles. The van der Waals surface area contributed by atoms with E-state index in [-0.39, 0.29) is 38.2 Å². The van der Waals surface area contributed by atoms with Crippen LogP contribution in [0.15, 0.2) is 72.9 Å². The third kappa shape index (κ3) is 68.1. The first-order valence-electron chi connectivity index (χ1n) is 36.1. The first-order valence-corrected chi connectivity index (χ1v) is 36.1. The number of quaternary nitrogens is 1. The van der Waals surface area contributed by atoms with Crippen LogP contribution < -0.4 is 0 Å². The number of esters is 2. The molecule has 0 amide bonds. The summed E-state index contributed by atoms with van der Waals surface area (Å²) in [5.74, 6) is -1.98. The highest BCUT2D eigenvalue weighted by molar-refractivity contribution is 5.71. The van der Waals surface area contributed by atoms with Crippen LogP contribution in [-0.2, 0) is 33.3 Å². The number of likely N-dealkylation sites (N-methyl/N-ethyl adjacent to an activating group) is 1. The molecule has 0 radical (unpaired) electrons. The second-order valence-corrected chi connectivity index (χ2v) is 25.5. The number of carbonyl (C=O) groups excluding carboxylic acids is 2. The van der Waals surface area contributed by atoms with Crippen molar-refractivity contribution < 1.29 is 42.9 Å². The summed E-state index contributed by atoms with van der Waals surface area (Å²) in [6.07, 6.45) is 85.9. The van der Waals surface area contributed by atoms with Crippen LogP contribution in [0.5, 0.6) is 0 Å². The Bertz CT molecular complexity index is 1620. The highest BCUT2D eigenvalue weighted by Gasteiger charge is 2.25. The van der Waals surface area contributed by atoms with Gasteiger partial charge in [-0.1, -0.05) is 311 Å². The Morgan fingerprint density at radius 2 is 0.671 bits per heavy atom. The van der Waals surface area contributed by atoms with Crippen LogP contribution in [0, 0.1) is 0 Å². The van der Waals surface area contributed by atoms with Gasteiger partial charge < -0.3 is 28.5 Å². The van der Waals surface area contributed by atoms with E-state index in [2.05, 4.69) is 86.8 Å². The fourth-order valence-corrected chi connectivity index (χ4v) is 10.5. The quantitative estimate of drug-likeness (QED) is 0.0211. The maximum atomic E-state index is 13.0. The Labute approximate surface area is 526 Å². The Morgan fingerprint density at radius 3 is 1.00 bits per heavy atom. The summed E-state index contributed by atoms with van der Waals surface area (Å²) in [7, 11) is 5.99. The van der Waals surface area contributed by atoms with E-state index in [1.165, 1.54) is 238 Å². The van der Waals surface area contributed by atoms with E-state index in [1.807, 2.05) is 21.1 Å². The molecule has 2 atom stereocenters. The highest BCUT2D eigenvalue weighted by Crippen LogP contribution is 2.18. The molecule has 494 valence electrons. The summed E-state index contributed by atoms with van der Waals surface area (Å²) < 4.78 is 23.0. The van der Waals surface area contributed by atoms with Crippen molar-refractivity contribution in [3.8, 4) is 0 Å². The maximum absolute atomic E-state index is 13.0. The topological polar surface area (TPSA) is 108 Å². The standard InChI is InChI=1S/C76H137NO8/c1-6-8-10-12-14-16-18-20-22-24-26-28-30-32-34-35-36-37-38-39-41-43-45-47-49-51-53-55-57-59-61-63-65-67-74(79)85-72(71-84-76(75(80)81)82-69-68-77(3,4)5)70-83-73(78)66-64-62-60-58-56-54-52-50-48-46-44-42-40-33-31-29-27-25-23-21-19-17-15-13-11-9-7-2/h8,10,14,16,19-22,25-28,72,76H,6-7,9,11-13,15,17-18,23-24,29-71H2,1-5H3/p+1/b10-8-,16-14-,21-19-,22-20-,27-25-,28-26-. The molecule has 0 fully saturated rings. The molecule has 0 saturated carbocycles. The molecule has 0 aromatic rings. The molecule has 0 bridgehead atoms. The minimum absolute atomic E-state index is 0.180. The molecule has 85 heavy (non-hydrogen) atoms. The molecule has 1 N–H and O–H groups in total. The van der Waals surface area contributed by atoms with Crippen LogP contribution >= 0.6 is 0 Å². The molecule has 0 rings (SSSR count). The number of hydrogen-bond acceptors (Lipinski definition) is 7. The first-order chi connectivity index (χ1) is 41.6. The molecule has 0 heterocycles. The molecule has 0 aliphatic rings. The van der Waals surface area contributed by atoms with Gasteiger partial charge in [-0.2, -0.15) is 0 Å². The minimum atomic E-state index is -1.51. The molecule has 0 aromatic carbocycles. The highest BCUT2D eigenvalue weighted by atomic mass is 16.7.